The first-order valence-corrected chi connectivity index (χ1v) is 5.58. The largest absolute Gasteiger partial charge is 0.494 e. The van der Waals surface area contributed by atoms with Gasteiger partial charge in [-0.25, -0.2) is 4.39 Å². The van der Waals surface area contributed by atoms with Gasteiger partial charge in [-0.05, 0) is 38.6 Å². The molecule has 0 spiro atoms. The van der Waals surface area contributed by atoms with E-state index in [0.717, 1.165) is 0 Å². The summed E-state index contributed by atoms with van der Waals surface area (Å²) in [5, 5.41) is 12.1. The van der Waals surface area contributed by atoms with E-state index in [-0.39, 0.29) is 5.75 Å². The molecule has 100 valence electrons. The number of rotatable bonds is 5. The van der Waals surface area contributed by atoms with Crippen LogP contribution in [-0.2, 0) is 4.79 Å². The maximum absolute atomic E-state index is 13.6. The Kier molecular flexibility index (Phi) is 4.29. The van der Waals surface area contributed by atoms with Crippen molar-refractivity contribution in [3.63, 3.8) is 0 Å². The molecule has 5 heteroatoms. The highest BCUT2D eigenvalue weighted by Crippen LogP contribution is 2.34. The highest BCUT2D eigenvalue weighted by atomic mass is 19.1. The second kappa shape index (κ2) is 5.35. The zero-order valence-corrected chi connectivity index (χ0v) is 11.0. The van der Waals surface area contributed by atoms with Gasteiger partial charge in [-0.1, -0.05) is 6.07 Å². The van der Waals surface area contributed by atoms with Gasteiger partial charge in [0.05, 0.1) is 12.5 Å². The van der Waals surface area contributed by atoms with Gasteiger partial charge in [0.1, 0.15) is 0 Å². The molecule has 18 heavy (non-hydrogen) atoms. The van der Waals surface area contributed by atoms with Crippen LogP contribution in [0.4, 0.5) is 4.39 Å². The summed E-state index contributed by atoms with van der Waals surface area (Å²) in [4.78, 5) is 11.2. The van der Waals surface area contributed by atoms with Gasteiger partial charge in [0.25, 0.3) is 0 Å². The summed E-state index contributed by atoms with van der Waals surface area (Å²) in [5.41, 5.74) is -0.473. The van der Waals surface area contributed by atoms with Gasteiger partial charge in [-0.2, -0.15) is 0 Å². The zero-order chi connectivity index (χ0) is 13.9. The Morgan fingerprint density at radius 3 is 2.50 bits per heavy atom. The van der Waals surface area contributed by atoms with Crippen LogP contribution in [0, 0.1) is 11.2 Å². The number of carboxylic acid groups (broad SMARTS) is 1. The fourth-order valence-corrected chi connectivity index (χ4v) is 1.93. The first kappa shape index (κ1) is 14.4. The van der Waals surface area contributed by atoms with Crippen molar-refractivity contribution in [2.45, 2.75) is 19.9 Å². The fourth-order valence-electron chi connectivity index (χ4n) is 1.93. The fraction of sp³-hybridized carbons (Fsp3) is 0.462. The standard InChI is InChI=1S/C13H18FNO3/c1-13(2,12(16)17)11(15-3)8-5-6-10(18-4)9(14)7-8/h5-7,11,15H,1-4H3,(H,16,17). The smallest absolute Gasteiger partial charge is 0.311 e. The van der Waals surface area contributed by atoms with Gasteiger partial charge in [0.2, 0.25) is 0 Å². The molecular weight excluding hydrogens is 237 g/mol. The van der Waals surface area contributed by atoms with Gasteiger partial charge in [0, 0.05) is 6.04 Å². The van der Waals surface area contributed by atoms with Crippen LogP contribution in [-0.4, -0.2) is 25.2 Å². The molecule has 4 nitrogen and oxygen atoms in total. The van der Waals surface area contributed by atoms with Crippen LogP contribution in [0.15, 0.2) is 18.2 Å². The second-order valence-electron chi connectivity index (χ2n) is 4.64. The minimum atomic E-state index is -1.05. The van der Waals surface area contributed by atoms with Crippen molar-refractivity contribution >= 4 is 5.97 Å². The lowest BCUT2D eigenvalue weighted by atomic mass is 9.80. The molecule has 0 radical (unpaired) electrons. The molecule has 0 aromatic heterocycles. The molecule has 1 rings (SSSR count). The van der Waals surface area contributed by atoms with Crippen LogP contribution in [0.25, 0.3) is 0 Å². The van der Waals surface area contributed by atoms with E-state index < -0.39 is 23.2 Å². The van der Waals surface area contributed by atoms with E-state index in [0.29, 0.717) is 5.56 Å². The number of carbonyl (C=O) groups is 1. The van der Waals surface area contributed by atoms with Crippen molar-refractivity contribution in [3.8, 4) is 5.75 Å². The third-order valence-electron chi connectivity index (χ3n) is 3.07. The molecule has 0 aliphatic rings. The Balaban J connectivity index is 3.18. The SMILES string of the molecule is CNC(c1ccc(OC)c(F)c1)C(C)(C)C(=O)O. The number of methoxy groups -OCH3 is 1. The Morgan fingerprint density at radius 2 is 2.11 bits per heavy atom. The molecule has 0 heterocycles. The highest BCUT2D eigenvalue weighted by Gasteiger charge is 2.37. The van der Waals surface area contributed by atoms with Crippen molar-refractivity contribution in [1.82, 2.24) is 5.32 Å². The second-order valence-corrected chi connectivity index (χ2v) is 4.64. The molecule has 1 aromatic rings. The van der Waals surface area contributed by atoms with Crippen molar-refractivity contribution < 1.29 is 19.0 Å². The normalized spacial score (nSPS) is 13.2. The summed E-state index contributed by atoms with van der Waals surface area (Å²) < 4.78 is 18.5. The van der Waals surface area contributed by atoms with Crippen LogP contribution in [0.2, 0.25) is 0 Å². The molecule has 0 bridgehead atoms. The minimum Gasteiger partial charge on any atom is -0.494 e. The van der Waals surface area contributed by atoms with Crippen LogP contribution >= 0.6 is 0 Å². The van der Waals surface area contributed by atoms with E-state index in [1.807, 2.05) is 0 Å². The van der Waals surface area contributed by atoms with Crippen molar-refractivity contribution in [2.75, 3.05) is 14.2 Å². The molecule has 0 saturated heterocycles. The molecule has 1 aromatic carbocycles. The molecule has 0 fully saturated rings. The number of halogens is 1. The predicted octanol–water partition coefficient (Wildman–Crippen LogP) is 2.21. The van der Waals surface area contributed by atoms with E-state index in [9.17, 15) is 14.3 Å². The quantitative estimate of drug-likeness (QED) is 0.847. The van der Waals surface area contributed by atoms with Gasteiger partial charge in [-0.3, -0.25) is 4.79 Å². The lowest BCUT2D eigenvalue weighted by molar-refractivity contribution is -0.148. The van der Waals surface area contributed by atoms with Crippen LogP contribution in [0.3, 0.4) is 0 Å². The zero-order valence-electron chi connectivity index (χ0n) is 11.0. The van der Waals surface area contributed by atoms with Crippen LogP contribution in [0.1, 0.15) is 25.5 Å². The molecule has 0 aliphatic carbocycles. The third-order valence-corrected chi connectivity index (χ3v) is 3.07. The van der Waals surface area contributed by atoms with Gasteiger partial charge in [-0.15, -0.1) is 0 Å². The van der Waals surface area contributed by atoms with E-state index in [4.69, 9.17) is 4.74 Å². The van der Waals surface area contributed by atoms with E-state index in [1.54, 1.807) is 27.0 Å². The first-order valence-electron chi connectivity index (χ1n) is 5.58. The summed E-state index contributed by atoms with van der Waals surface area (Å²) in [6.45, 7) is 3.19. The number of benzene rings is 1. The lowest BCUT2D eigenvalue weighted by Crippen LogP contribution is -2.38. The van der Waals surface area contributed by atoms with E-state index in [1.165, 1.54) is 19.2 Å². The number of hydrogen-bond donors (Lipinski definition) is 2. The van der Waals surface area contributed by atoms with Gasteiger partial charge in [0.15, 0.2) is 11.6 Å². The van der Waals surface area contributed by atoms with E-state index >= 15 is 0 Å². The number of hydrogen-bond acceptors (Lipinski definition) is 3. The molecular formula is C13H18FNO3. The number of nitrogens with one attached hydrogen (secondary N) is 1. The Labute approximate surface area is 106 Å². The number of ether oxygens (including phenoxy) is 1. The molecule has 2 N–H and O–H groups in total. The Hall–Kier alpha value is -1.62. The molecule has 1 atom stereocenters. The monoisotopic (exact) mass is 255 g/mol. The van der Waals surface area contributed by atoms with Crippen molar-refractivity contribution in [2.24, 2.45) is 5.41 Å². The predicted molar refractivity (Wildman–Crippen MR) is 66.2 cm³/mol. The average molecular weight is 255 g/mol. The summed E-state index contributed by atoms with van der Waals surface area (Å²) in [6.07, 6.45) is 0. The molecule has 1 unspecified atom stereocenters. The Bertz CT molecular complexity index is 446. The van der Waals surface area contributed by atoms with Crippen molar-refractivity contribution in [1.29, 1.82) is 0 Å². The molecule has 0 amide bonds. The van der Waals surface area contributed by atoms with Crippen molar-refractivity contribution in [3.05, 3.63) is 29.6 Å². The summed E-state index contributed by atoms with van der Waals surface area (Å²) in [5.74, 6) is -1.31. The molecule has 0 saturated carbocycles. The first-order chi connectivity index (χ1) is 8.34. The molecule has 0 aliphatic heterocycles. The number of aliphatic carboxylic acids is 1. The maximum atomic E-state index is 13.6. The topological polar surface area (TPSA) is 58.6 Å². The van der Waals surface area contributed by atoms with Gasteiger partial charge < -0.3 is 15.2 Å². The lowest BCUT2D eigenvalue weighted by Gasteiger charge is -2.30. The maximum Gasteiger partial charge on any atom is 0.311 e. The summed E-state index contributed by atoms with van der Waals surface area (Å²) in [7, 11) is 3.03. The Morgan fingerprint density at radius 1 is 1.50 bits per heavy atom. The highest BCUT2D eigenvalue weighted by molar-refractivity contribution is 5.75. The van der Waals surface area contributed by atoms with Gasteiger partial charge >= 0.3 is 5.97 Å². The van der Waals surface area contributed by atoms with E-state index in [2.05, 4.69) is 5.32 Å². The minimum absolute atomic E-state index is 0.140. The summed E-state index contributed by atoms with van der Waals surface area (Å²) in [6, 6.07) is 3.96. The average Bonchev–Trinajstić information content (AvgIpc) is 2.29. The third kappa shape index (κ3) is 2.61. The number of carboxylic acids is 1. The summed E-state index contributed by atoms with van der Waals surface area (Å²) >= 11 is 0. The van der Waals surface area contributed by atoms with Crippen LogP contribution in [0.5, 0.6) is 5.75 Å². The van der Waals surface area contributed by atoms with Crippen LogP contribution < -0.4 is 10.1 Å².